The number of ether oxygens (including phenoxy) is 2. The maximum atomic E-state index is 6.09. The van der Waals surface area contributed by atoms with Gasteiger partial charge in [-0.1, -0.05) is 30.3 Å². The van der Waals surface area contributed by atoms with E-state index in [0.29, 0.717) is 19.8 Å². The molecule has 4 heteroatoms. The lowest BCUT2D eigenvalue weighted by Crippen LogP contribution is -2.54. The monoisotopic (exact) mass is 294 g/mol. The van der Waals surface area contributed by atoms with Crippen LogP contribution in [0.3, 0.4) is 0 Å². The average molecular weight is 294 g/mol. The van der Waals surface area contributed by atoms with Gasteiger partial charge in [0.2, 0.25) is 0 Å². The van der Waals surface area contributed by atoms with Crippen LogP contribution in [0, 0.1) is 0 Å². The van der Waals surface area contributed by atoms with Crippen molar-refractivity contribution >= 4 is 0 Å². The Morgan fingerprint density at radius 1 is 1.05 bits per heavy atom. The predicted molar refractivity (Wildman–Crippen MR) is 87.5 cm³/mol. The first-order valence-electron chi connectivity index (χ1n) is 7.63. The Kier molecular flexibility index (Phi) is 8.54. The molecule has 0 aromatic heterocycles. The van der Waals surface area contributed by atoms with Crippen LogP contribution in [-0.4, -0.2) is 57.5 Å². The zero-order chi connectivity index (χ0) is 15.6. The summed E-state index contributed by atoms with van der Waals surface area (Å²) in [6, 6.07) is 10.6. The van der Waals surface area contributed by atoms with Crippen molar-refractivity contribution < 1.29 is 9.47 Å². The number of nitrogens with zero attached hydrogens (tertiary/aromatic N) is 1. The van der Waals surface area contributed by atoms with Gasteiger partial charge >= 0.3 is 0 Å². The molecule has 0 aliphatic rings. The first-order valence-corrected chi connectivity index (χ1v) is 7.63. The molecular formula is C17H30N2O2. The number of hydrogen-bond donors (Lipinski definition) is 1. The van der Waals surface area contributed by atoms with Gasteiger partial charge in [0.25, 0.3) is 0 Å². The van der Waals surface area contributed by atoms with Gasteiger partial charge in [-0.15, -0.1) is 0 Å². The smallest absolute Gasteiger partial charge is 0.0589 e. The van der Waals surface area contributed by atoms with E-state index in [1.165, 1.54) is 5.56 Å². The van der Waals surface area contributed by atoms with Gasteiger partial charge in [-0.3, -0.25) is 4.90 Å². The Balaban J connectivity index is 2.67. The molecular weight excluding hydrogens is 264 g/mol. The quantitative estimate of drug-likeness (QED) is 0.677. The minimum Gasteiger partial charge on any atom is -0.383 e. The topological polar surface area (TPSA) is 47.7 Å². The molecule has 0 heterocycles. The van der Waals surface area contributed by atoms with Crippen molar-refractivity contribution in [3.8, 4) is 0 Å². The van der Waals surface area contributed by atoms with E-state index in [1.807, 2.05) is 0 Å². The zero-order valence-corrected chi connectivity index (χ0v) is 13.7. The standard InChI is InChI=1S/C17H30N2O2/c1-17(15-18,10-9-16-7-5-4-6-8-16)19(11-13-20-2)12-14-21-3/h4-8H,9-15,18H2,1-3H3. The van der Waals surface area contributed by atoms with Crippen LogP contribution in [0.15, 0.2) is 30.3 Å². The minimum absolute atomic E-state index is 0.0348. The van der Waals surface area contributed by atoms with Crippen molar-refractivity contribution in [2.75, 3.05) is 47.1 Å². The second-order valence-electron chi connectivity index (χ2n) is 5.66. The maximum Gasteiger partial charge on any atom is 0.0589 e. The molecule has 2 N–H and O–H groups in total. The maximum absolute atomic E-state index is 6.09. The third-order valence-corrected chi connectivity index (χ3v) is 4.13. The molecule has 21 heavy (non-hydrogen) atoms. The number of nitrogens with two attached hydrogens (primary N) is 1. The Labute approximate surface area is 129 Å². The minimum atomic E-state index is -0.0348. The van der Waals surface area contributed by atoms with E-state index >= 15 is 0 Å². The molecule has 0 spiro atoms. The number of methoxy groups -OCH3 is 2. The highest BCUT2D eigenvalue weighted by atomic mass is 16.5. The number of benzene rings is 1. The third kappa shape index (κ3) is 6.14. The lowest BCUT2D eigenvalue weighted by atomic mass is 9.91. The Bertz CT molecular complexity index is 364. The predicted octanol–water partition coefficient (Wildman–Crippen LogP) is 1.93. The average Bonchev–Trinajstić information content (AvgIpc) is 2.53. The fraction of sp³-hybridized carbons (Fsp3) is 0.647. The molecule has 0 saturated carbocycles. The molecule has 1 atom stereocenters. The molecule has 0 fully saturated rings. The fourth-order valence-corrected chi connectivity index (χ4v) is 2.50. The van der Waals surface area contributed by atoms with Gasteiger partial charge < -0.3 is 15.2 Å². The first kappa shape index (κ1) is 18.1. The molecule has 0 radical (unpaired) electrons. The Hall–Kier alpha value is -0.940. The molecule has 0 saturated heterocycles. The lowest BCUT2D eigenvalue weighted by molar-refractivity contribution is 0.0417. The van der Waals surface area contributed by atoms with Crippen LogP contribution in [0.5, 0.6) is 0 Å². The van der Waals surface area contributed by atoms with E-state index in [4.69, 9.17) is 15.2 Å². The molecule has 0 bridgehead atoms. The van der Waals surface area contributed by atoms with Crippen LogP contribution < -0.4 is 5.73 Å². The van der Waals surface area contributed by atoms with Crippen molar-refractivity contribution in [3.05, 3.63) is 35.9 Å². The lowest BCUT2D eigenvalue weighted by Gasteiger charge is -2.41. The van der Waals surface area contributed by atoms with Crippen LogP contribution in [0.4, 0.5) is 0 Å². The van der Waals surface area contributed by atoms with E-state index in [0.717, 1.165) is 25.9 Å². The summed E-state index contributed by atoms with van der Waals surface area (Å²) in [5.74, 6) is 0. The van der Waals surface area contributed by atoms with Gasteiger partial charge in [0.05, 0.1) is 13.2 Å². The van der Waals surface area contributed by atoms with Crippen LogP contribution >= 0.6 is 0 Å². The van der Waals surface area contributed by atoms with Crippen LogP contribution in [0.25, 0.3) is 0 Å². The highest BCUT2D eigenvalue weighted by Gasteiger charge is 2.29. The summed E-state index contributed by atoms with van der Waals surface area (Å²) in [4.78, 5) is 2.39. The SMILES string of the molecule is COCCN(CCOC)C(C)(CN)CCc1ccccc1. The van der Waals surface area contributed by atoms with E-state index < -0.39 is 0 Å². The van der Waals surface area contributed by atoms with Gasteiger partial charge in [-0.25, -0.2) is 0 Å². The van der Waals surface area contributed by atoms with Crippen molar-refractivity contribution in [2.24, 2.45) is 5.73 Å². The van der Waals surface area contributed by atoms with E-state index in [9.17, 15) is 0 Å². The third-order valence-electron chi connectivity index (χ3n) is 4.13. The second-order valence-corrected chi connectivity index (χ2v) is 5.66. The van der Waals surface area contributed by atoms with Gasteiger partial charge in [0.15, 0.2) is 0 Å². The summed E-state index contributed by atoms with van der Waals surface area (Å²) < 4.78 is 10.5. The number of rotatable bonds is 11. The van der Waals surface area contributed by atoms with Gasteiger partial charge in [0, 0.05) is 39.4 Å². The van der Waals surface area contributed by atoms with Crippen molar-refractivity contribution in [2.45, 2.75) is 25.3 Å². The Morgan fingerprint density at radius 2 is 1.62 bits per heavy atom. The summed E-state index contributed by atoms with van der Waals surface area (Å²) in [6.07, 6.45) is 2.06. The van der Waals surface area contributed by atoms with Crippen molar-refractivity contribution in [3.63, 3.8) is 0 Å². The van der Waals surface area contributed by atoms with E-state index in [-0.39, 0.29) is 5.54 Å². The van der Waals surface area contributed by atoms with Crippen molar-refractivity contribution in [1.29, 1.82) is 0 Å². The molecule has 1 aromatic carbocycles. The normalized spacial score (nSPS) is 14.3. The summed E-state index contributed by atoms with van der Waals surface area (Å²) >= 11 is 0. The largest absolute Gasteiger partial charge is 0.383 e. The number of hydrogen-bond acceptors (Lipinski definition) is 4. The highest BCUT2D eigenvalue weighted by Crippen LogP contribution is 2.21. The molecule has 0 aliphatic heterocycles. The van der Waals surface area contributed by atoms with Crippen LogP contribution in [0.1, 0.15) is 18.9 Å². The zero-order valence-electron chi connectivity index (χ0n) is 13.7. The van der Waals surface area contributed by atoms with Crippen LogP contribution in [-0.2, 0) is 15.9 Å². The van der Waals surface area contributed by atoms with Gasteiger partial charge in [-0.2, -0.15) is 0 Å². The van der Waals surface area contributed by atoms with Gasteiger partial charge in [0.1, 0.15) is 0 Å². The summed E-state index contributed by atoms with van der Waals surface area (Å²) in [5.41, 5.74) is 7.41. The molecule has 0 amide bonds. The second kappa shape index (κ2) is 9.90. The molecule has 1 aromatic rings. The van der Waals surface area contributed by atoms with Crippen molar-refractivity contribution in [1.82, 2.24) is 4.90 Å². The highest BCUT2D eigenvalue weighted by molar-refractivity contribution is 5.15. The van der Waals surface area contributed by atoms with E-state index in [2.05, 4.69) is 42.2 Å². The molecule has 1 rings (SSSR count). The fourth-order valence-electron chi connectivity index (χ4n) is 2.50. The number of aryl methyl sites for hydroxylation is 1. The molecule has 0 aliphatic carbocycles. The molecule has 4 nitrogen and oxygen atoms in total. The van der Waals surface area contributed by atoms with Gasteiger partial charge in [-0.05, 0) is 25.3 Å². The first-order chi connectivity index (χ1) is 10.2. The van der Waals surface area contributed by atoms with Crippen LogP contribution in [0.2, 0.25) is 0 Å². The summed E-state index contributed by atoms with van der Waals surface area (Å²) in [7, 11) is 3.47. The van der Waals surface area contributed by atoms with E-state index in [1.54, 1.807) is 14.2 Å². The summed E-state index contributed by atoms with van der Waals surface area (Å²) in [6.45, 7) is 6.05. The Morgan fingerprint density at radius 3 is 2.10 bits per heavy atom. The molecule has 120 valence electrons. The summed E-state index contributed by atoms with van der Waals surface area (Å²) in [5, 5.41) is 0. The molecule has 1 unspecified atom stereocenters.